The lowest BCUT2D eigenvalue weighted by Gasteiger charge is -2.33. The lowest BCUT2D eigenvalue weighted by Crippen LogP contribution is -2.49. The van der Waals surface area contributed by atoms with Crippen molar-refractivity contribution >= 4 is 26.3 Å². The number of amides is 1. The van der Waals surface area contributed by atoms with E-state index in [2.05, 4.69) is 5.32 Å². The summed E-state index contributed by atoms with van der Waals surface area (Å²) in [5.41, 5.74) is 0.828. The molecular weight excluding hydrogens is 549 g/mol. The van der Waals surface area contributed by atoms with E-state index in [0.29, 0.717) is 52.4 Å². The first-order valence-electron chi connectivity index (χ1n) is 12.9. The van der Waals surface area contributed by atoms with Gasteiger partial charge < -0.3 is 25.4 Å². The van der Waals surface area contributed by atoms with Gasteiger partial charge in [-0.2, -0.15) is 0 Å². The molecule has 40 heavy (non-hydrogen) atoms. The Morgan fingerprint density at radius 1 is 0.850 bits per heavy atom. The lowest BCUT2D eigenvalue weighted by atomic mass is 10.2. The Hall–Kier alpha value is -2.75. The average Bonchev–Trinajstić information content (AvgIpc) is 2.90. The summed E-state index contributed by atoms with van der Waals surface area (Å²) in [6.07, 6.45) is -1.62. The molecule has 1 saturated heterocycles. The summed E-state index contributed by atoms with van der Waals surface area (Å²) in [6, 6.07) is 9.16. The second-order valence-electron chi connectivity index (χ2n) is 9.35. The minimum atomic E-state index is -2.82. The number of nitrogens with zero attached hydrogens (tertiary/aromatic N) is 4. The second-order valence-corrected chi connectivity index (χ2v) is 10.1. The smallest absolute Gasteiger partial charge is 0.480 e. The van der Waals surface area contributed by atoms with E-state index in [1.54, 1.807) is 14.7 Å². The summed E-state index contributed by atoms with van der Waals surface area (Å²) in [7, 11) is -2.82. The SMILES string of the molecule is O=C(O)CN1CCN(CO[P+](=O)O)CCN(CC(=O)O)CCN(CC(O)CNC(=O)OCc2ccccc2)CC1. The highest BCUT2D eigenvalue weighted by Crippen LogP contribution is 2.14. The second kappa shape index (κ2) is 18.6. The van der Waals surface area contributed by atoms with E-state index < -0.39 is 32.4 Å². The molecule has 1 aliphatic heterocycles. The third-order valence-electron chi connectivity index (χ3n) is 6.16. The minimum absolute atomic E-state index is 0.0656. The highest BCUT2D eigenvalue weighted by Gasteiger charge is 2.22. The fourth-order valence-corrected chi connectivity index (χ4v) is 4.32. The van der Waals surface area contributed by atoms with Gasteiger partial charge in [-0.25, -0.2) is 4.79 Å². The van der Waals surface area contributed by atoms with E-state index >= 15 is 0 Å². The number of β-amino-alcohol motifs (C(OH)–C–C–N with tert-alkyl or cyclic N) is 1. The number of aliphatic hydroxyl groups is 1. The van der Waals surface area contributed by atoms with Gasteiger partial charge in [0.1, 0.15) is 6.61 Å². The number of carbonyl (C=O) groups is 3. The van der Waals surface area contributed by atoms with Crippen molar-refractivity contribution in [2.45, 2.75) is 12.7 Å². The Labute approximate surface area is 233 Å². The van der Waals surface area contributed by atoms with Crippen molar-refractivity contribution in [3.63, 3.8) is 0 Å². The number of ether oxygens (including phenoxy) is 1. The fraction of sp³-hybridized carbons (Fsp3) is 0.625. The van der Waals surface area contributed by atoms with E-state index in [1.165, 1.54) is 0 Å². The monoisotopic (exact) mass is 588 g/mol. The molecule has 16 heteroatoms. The van der Waals surface area contributed by atoms with Crippen molar-refractivity contribution in [2.75, 3.05) is 85.3 Å². The van der Waals surface area contributed by atoms with Gasteiger partial charge in [-0.3, -0.25) is 29.2 Å². The molecule has 0 bridgehead atoms. The van der Waals surface area contributed by atoms with E-state index in [0.717, 1.165) is 5.56 Å². The molecule has 0 aliphatic carbocycles. The van der Waals surface area contributed by atoms with Gasteiger partial charge in [0.15, 0.2) is 6.73 Å². The first kappa shape index (κ1) is 33.5. The Bertz CT molecular complexity index is 912. The first-order chi connectivity index (χ1) is 19.1. The number of nitrogens with one attached hydrogen (secondary N) is 1. The normalized spacial score (nSPS) is 18.2. The molecular formula is C24H39N5O10P+. The van der Waals surface area contributed by atoms with Crippen LogP contribution in [0.25, 0.3) is 0 Å². The number of aliphatic carboxylic acids is 2. The van der Waals surface area contributed by atoms with Crippen LogP contribution < -0.4 is 5.32 Å². The molecule has 0 radical (unpaired) electrons. The van der Waals surface area contributed by atoms with Crippen LogP contribution in [0.2, 0.25) is 0 Å². The van der Waals surface area contributed by atoms with Gasteiger partial charge in [-0.1, -0.05) is 30.3 Å². The predicted octanol–water partition coefficient (Wildman–Crippen LogP) is -0.712. The van der Waals surface area contributed by atoms with Crippen LogP contribution in [0.5, 0.6) is 0 Å². The third kappa shape index (κ3) is 15.1. The summed E-state index contributed by atoms with van der Waals surface area (Å²) >= 11 is 0. The van der Waals surface area contributed by atoms with Crippen LogP contribution in [0.3, 0.4) is 0 Å². The summed E-state index contributed by atoms with van der Waals surface area (Å²) < 4.78 is 21.0. The number of alkyl carbamates (subject to hydrolysis) is 1. The number of hydrogen-bond acceptors (Lipinski definition) is 11. The van der Waals surface area contributed by atoms with Crippen LogP contribution >= 0.6 is 8.25 Å². The first-order valence-corrected chi connectivity index (χ1v) is 14.0. The summed E-state index contributed by atoms with van der Waals surface area (Å²) in [5, 5.41) is 31.8. The van der Waals surface area contributed by atoms with Crippen molar-refractivity contribution in [1.82, 2.24) is 24.9 Å². The number of carboxylic acids is 2. The van der Waals surface area contributed by atoms with E-state index in [1.807, 2.05) is 35.2 Å². The van der Waals surface area contributed by atoms with Gasteiger partial charge in [0.05, 0.1) is 19.2 Å². The van der Waals surface area contributed by atoms with Gasteiger partial charge in [-0.05, 0) is 5.56 Å². The van der Waals surface area contributed by atoms with E-state index in [-0.39, 0.29) is 39.5 Å². The van der Waals surface area contributed by atoms with Crippen molar-refractivity contribution < 1.29 is 48.4 Å². The highest BCUT2D eigenvalue weighted by molar-refractivity contribution is 7.32. The zero-order valence-electron chi connectivity index (χ0n) is 22.3. The van der Waals surface area contributed by atoms with Gasteiger partial charge in [0.25, 0.3) is 0 Å². The molecule has 2 rings (SSSR count). The van der Waals surface area contributed by atoms with Crippen LogP contribution in [0, 0.1) is 0 Å². The van der Waals surface area contributed by atoms with Crippen molar-refractivity contribution in [2.24, 2.45) is 0 Å². The Balaban J connectivity index is 1.97. The van der Waals surface area contributed by atoms with Crippen LogP contribution in [0.15, 0.2) is 30.3 Å². The zero-order chi connectivity index (χ0) is 29.3. The molecule has 1 aliphatic rings. The molecule has 0 aromatic heterocycles. The molecule has 5 N–H and O–H groups in total. The Morgan fingerprint density at radius 2 is 1.35 bits per heavy atom. The lowest BCUT2D eigenvalue weighted by molar-refractivity contribution is -0.139. The molecule has 0 spiro atoms. The molecule has 2 atom stereocenters. The molecule has 2 unspecified atom stereocenters. The summed E-state index contributed by atoms with van der Waals surface area (Å²) in [6.45, 7) is 2.31. The zero-order valence-corrected chi connectivity index (χ0v) is 23.2. The van der Waals surface area contributed by atoms with Gasteiger partial charge in [0, 0.05) is 70.0 Å². The van der Waals surface area contributed by atoms with Crippen molar-refractivity contribution in [3.8, 4) is 0 Å². The molecule has 1 aromatic rings. The molecule has 1 amide bonds. The Kier molecular flexibility index (Phi) is 15.5. The molecule has 1 fully saturated rings. The van der Waals surface area contributed by atoms with Crippen LogP contribution in [0.4, 0.5) is 4.79 Å². The third-order valence-corrected chi connectivity index (χ3v) is 6.50. The Morgan fingerprint density at radius 3 is 1.85 bits per heavy atom. The summed E-state index contributed by atoms with van der Waals surface area (Å²) in [4.78, 5) is 50.9. The number of rotatable bonds is 13. The molecule has 1 aromatic carbocycles. The van der Waals surface area contributed by atoms with Gasteiger partial charge >= 0.3 is 26.3 Å². The van der Waals surface area contributed by atoms with E-state index in [9.17, 15) is 34.3 Å². The number of hydrogen-bond donors (Lipinski definition) is 5. The predicted molar refractivity (Wildman–Crippen MR) is 143 cm³/mol. The quantitative estimate of drug-likeness (QED) is 0.181. The molecule has 224 valence electrons. The van der Waals surface area contributed by atoms with Gasteiger partial charge in [-0.15, -0.1) is 9.42 Å². The van der Waals surface area contributed by atoms with Crippen molar-refractivity contribution in [3.05, 3.63) is 35.9 Å². The maximum absolute atomic E-state index is 12.0. The van der Waals surface area contributed by atoms with Crippen LogP contribution in [-0.4, -0.2) is 149 Å². The number of carbonyl (C=O) groups excluding carboxylic acids is 1. The summed E-state index contributed by atoms with van der Waals surface area (Å²) in [5.74, 6) is -2.02. The topological polar surface area (TPSA) is 193 Å². The highest BCUT2D eigenvalue weighted by atomic mass is 31.1. The van der Waals surface area contributed by atoms with E-state index in [4.69, 9.17) is 14.2 Å². The number of benzene rings is 1. The number of carboxylic acid groups (broad SMARTS) is 2. The molecule has 15 nitrogen and oxygen atoms in total. The van der Waals surface area contributed by atoms with Gasteiger partial charge in [0.2, 0.25) is 0 Å². The largest absolute Gasteiger partial charge is 0.696 e. The number of aliphatic hydroxyl groups excluding tert-OH is 1. The molecule has 0 saturated carbocycles. The maximum atomic E-state index is 12.0. The maximum Gasteiger partial charge on any atom is 0.696 e. The molecule has 1 heterocycles. The van der Waals surface area contributed by atoms with Crippen LogP contribution in [-0.2, 0) is 30.0 Å². The standard InChI is InChI=1S/C24H38N5O10P/c30-21(14-25-24(35)38-18-20-4-2-1-3-5-20)15-26-6-8-27(16-22(31)32)10-12-29(19-39-40(36)37)13-11-28(9-7-26)17-23(33)34/h1-5,21,30H,6-19H2,(H3-,25,31,32,33,34,35,36,37)/p+1. The van der Waals surface area contributed by atoms with Crippen LogP contribution in [0.1, 0.15) is 5.56 Å². The van der Waals surface area contributed by atoms with Crippen molar-refractivity contribution in [1.29, 1.82) is 0 Å². The minimum Gasteiger partial charge on any atom is -0.480 e. The fourth-order valence-electron chi connectivity index (χ4n) is 4.06. The average molecular weight is 589 g/mol.